The summed E-state index contributed by atoms with van der Waals surface area (Å²) in [5.74, 6) is 0. The standard InChI is InChI=1S/C7H11N3O/c1-6-4-9-7(11)10(5-6)3-2-8/h4-5H,2-3,8H2,1H3. The average Bonchev–Trinajstić information content (AvgIpc) is 1.98. The molecule has 1 aromatic heterocycles. The highest BCUT2D eigenvalue weighted by atomic mass is 16.1. The Morgan fingerprint density at radius 3 is 3.09 bits per heavy atom. The van der Waals surface area contributed by atoms with Crippen molar-refractivity contribution in [2.75, 3.05) is 6.54 Å². The van der Waals surface area contributed by atoms with Crippen LogP contribution in [-0.2, 0) is 6.54 Å². The third-order valence-electron chi connectivity index (χ3n) is 1.35. The van der Waals surface area contributed by atoms with Crippen LogP contribution in [0, 0.1) is 6.92 Å². The molecule has 0 fully saturated rings. The zero-order valence-corrected chi connectivity index (χ0v) is 6.45. The molecule has 4 heteroatoms. The topological polar surface area (TPSA) is 60.9 Å². The number of rotatable bonds is 2. The van der Waals surface area contributed by atoms with Crippen molar-refractivity contribution in [2.45, 2.75) is 13.5 Å². The number of hydrogen-bond acceptors (Lipinski definition) is 3. The van der Waals surface area contributed by atoms with Crippen LogP contribution in [-0.4, -0.2) is 16.1 Å². The fourth-order valence-electron chi connectivity index (χ4n) is 0.865. The van der Waals surface area contributed by atoms with Gasteiger partial charge in [-0.2, -0.15) is 0 Å². The zero-order chi connectivity index (χ0) is 8.27. The second-order valence-electron chi connectivity index (χ2n) is 2.40. The van der Waals surface area contributed by atoms with Crippen molar-refractivity contribution in [2.24, 2.45) is 5.73 Å². The number of aromatic nitrogens is 2. The Labute approximate surface area is 64.7 Å². The highest BCUT2D eigenvalue weighted by Gasteiger charge is 1.93. The molecule has 0 bridgehead atoms. The van der Waals surface area contributed by atoms with Crippen LogP contribution in [0.5, 0.6) is 0 Å². The fraction of sp³-hybridized carbons (Fsp3) is 0.429. The molecule has 0 aromatic carbocycles. The van der Waals surface area contributed by atoms with Crippen molar-refractivity contribution < 1.29 is 0 Å². The van der Waals surface area contributed by atoms with E-state index in [1.165, 1.54) is 4.57 Å². The first-order valence-corrected chi connectivity index (χ1v) is 3.47. The van der Waals surface area contributed by atoms with E-state index in [4.69, 9.17) is 5.73 Å². The molecule has 11 heavy (non-hydrogen) atoms. The minimum Gasteiger partial charge on any atom is -0.329 e. The Bertz CT molecular complexity index is 292. The van der Waals surface area contributed by atoms with E-state index in [1.807, 2.05) is 6.92 Å². The van der Waals surface area contributed by atoms with E-state index < -0.39 is 0 Å². The summed E-state index contributed by atoms with van der Waals surface area (Å²) in [6.45, 7) is 2.89. The number of aryl methyl sites for hydroxylation is 1. The van der Waals surface area contributed by atoms with E-state index in [9.17, 15) is 4.79 Å². The first kappa shape index (κ1) is 7.94. The Balaban J connectivity index is 3.03. The predicted octanol–water partition coefficient (Wildman–Crippen LogP) is -0.490. The minimum atomic E-state index is -0.235. The van der Waals surface area contributed by atoms with Gasteiger partial charge in [0.1, 0.15) is 0 Å². The van der Waals surface area contributed by atoms with Gasteiger partial charge in [-0.05, 0) is 12.5 Å². The summed E-state index contributed by atoms with van der Waals surface area (Å²) in [5.41, 5.74) is 6.03. The maximum atomic E-state index is 11.0. The molecule has 0 aliphatic carbocycles. The van der Waals surface area contributed by atoms with Crippen LogP contribution in [0.3, 0.4) is 0 Å². The van der Waals surface area contributed by atoms with Gasteiger partial charge in [-0.25, -0.2) is 9.78 Å². The lowest BCUT2D eigenvalue weighted by molar-refractivity contribution is 0.655. The van der Waals surface area contributed by atoms with Gasteiger partial charge in [0.05, 0.1) is 0 Å². The molecule has 0 radical (unpaired) electrons. The highest BCUT2D eigenvalue weighted by molar-refractivity contribution is 4.99. The van der Waals surface area contributed by atoms with Gasteiger partial charge >= 0.3 is 5.69 Å². The predicted molar refractivity (Wildman–Crippen MR) is 42.3 cm³/mol. The molecule has 0 amide bonds. The molecule has 4 nitrogen and oxygen atoms in total. The van der Waals surface area contributed by atoms with E-state index >= 15 is 0 Å². The Morgan fingerprint density at radius 1 is 1.73 bits per heavy atom. The molecule has 1 rings (SSSR count). The molecule has 0 aliphatic heterocycles. The summed E-state index contributed by atoms with van der Waals surface area (Å²) in [6, 6.07) is 0. The van der Waals surface area contributed by atoms with Gasteiger partial charge in [-0.1, -0.05) is 0 Å². The third-order valence-corrected chi connectivity index (χ3v) is 1.35. The van der Waals surface area contributed by atoms with Gasteiger partial charge in [0, 0.05) is 25.5 Å². The zero-order valence-electron chi connectivity index (χ0n) is 6.45. The monoisotopic (exact) mass is 153 g/mol. The van der Waals surface area contributed by atoms with E-state index in [2.05, 4.69) is 4.98 Å². The molecule has 0 unspecified atom stereocenters. The van der Waals surface area contributed by atoms with Crippen LogP contribution < -0.4 is 11.4 Å². The Hall–Kier alpha value is -1.16. The van der Waals surface area contributed by atoms with E-state index in [0.29, 0.717) is 13.1 Å². The smallest absolute Gasteiger partial charge is 0.329 e. The quantitative estimate of drug-likeness (QED) is 0.623. The van der Waals surface area contributed by atoms with E-state index in [0.717, 1.165) is 5.56 Å². The van der Waals surface area contributed by atoms with Crippen LogP contribution in [0.25, 0.3) is 0 Å². The van der Waals surface area contributed by atoms with Crippen LogP contribution in [0.2, 0.25) is 0 Å². The molecule has 0 spiro atoms. The molecule has 1 heterocycles. The van der Waals surface area contributed by atoms with Gasteiger partial charge in [0.2, 0.25) is 0 Å². The van der Waals surface area contributed by atoms with Gasteiger partial charge in [-0.15, -0.1) is 0 Å². The molecular formula is C7H11N3O. The minimum absolute atomic E-state index is 0.235. The largest absolute Gasteiger partial charge is 0.347 e. The summed E-state index contributed by atoms with van der Waals surface area (Å²) >= 11 is 0. The second kappa shape index (κ2) is 3.30. The third kappa shape index (κ3) is 1.88. The molecule has 0 saturated heterocycles. The van der Waals surface area contributed by atoms with E-state index in [1.54, 1.807) is 12.4 Å². The van der Waals surface area contributed by atoms with Crippen molar-refractivity contribution in [3.63, 3.8) is 0 Å². The molecule has 0 aliphatic rings. The van der Waals surface area contributed by atoms with E-state index in [-0.39, 0.29) is 5.69 Å². The summed E-state index contributed by atoms with van der Waals surface area (Å²) in [6.07, 6.45) is 3.30. The molecule has 60 valence electrons. The van der Waals surface area contributed by atoms with Gasteiger partial charge in [-0.3, -0.25) is 4.57 Å². The normalized spacial score (nSPS) is 10.0. The second-order valence-corrected chi connectivity index (χ2v) is 2.40. The van der Waals surface area contributed by atoms with Crippen LogP contribution >= 0.6 is 0 Å². The SMILES string of the molecule is Cc1cnc(=O)n(CCN)c1. The molecule has 0 saturated carbocycles. The summed E-state index contributed by atoms with van der Waals surface area (Å²) in [5, 5.41) is 0. The summed E-state index contributed by atoms with van der Waals surface area (Å²) < 4.78 is 1.51. The lowest BCUT2D eigenvalue weighted by Gasteiger charge is -2.01. The highest BCUT2D eigenvalue weighted by Crippen LogP contribution is 1.87. The Morgan fingerprint density at radius 2 is 2.45 bits per heavy atom. The van der Waals surface area contributed by atoms with Crippen LogP contribution in [0.15, 0.2) is 17.2 Å². The van der Waals surface area contributed by atoms with Gasteiger partial charge in [0.25, 0.3) is 0 Å². The average molecular weight is 153 g/mol. The fourth-order valence-corrected chi connectivity index (χ4v) is 0.865. The van der Waals surface area contributed by atoms with Crippen molar-refractivity contribution >= 4 is 0 Å². The Kier molecular flexibility index (Phi) is 2.38. The number of nitrogens with two attached hydrogens (primary N) is 1. The summed E-state index contributed by atoms with van der Waals surface area (Å²) in [4.78, 5) is 14.6. The molecular weight excluding hydrogens is 142 g/mol. The number of hydrogen-bond donors (Lipinski definition) is 1. The maximum absolute atomic E-state index is 11.0. The molecule has 0 atom stereocenters. The lowest BCUT2D eigenvalue weighted by atomic mass is 10.4. The van der Waals surface area contributed by atoms with Crippen molar-refractivity contribution in [1.82, 2.24) is 9.55 Å². The van der Waals surface area contributed by atoms with Gasteiger partial charge in [0.15, 0.2) is 0 Å². The van der Waals surface area contributed by atoms with Crippen molar-refractivity contribution in [3.8, 4) is 0 Å². The summed E-state index contributed by atoms with van der Waals surface area (Å²) in [7, 11) is 0. The number of nitrogens with zero attached hydrogens (tertiary/aromatic N) is 2. The van der Waals surface area contributed by atoms with Gasteiger partial charge < -0.3 is 5.73 Å². The van der Waals surface area contributed by atoms with Crippen LogP contribution in [0.1, 0.15) is 5.56 Å². The molecule has 2 N–H and O–H groups in total. The molecule has 1 aromatic rings. The maximum Gasteiger partial charge on any atom is 0.347 e. The van der Waals surface area contributed by atoms with Crippen molar-refractivity contribution in [1.29, 1.82) is 0 Å². The first-order valence-electron chi connectivity index (χ1n) is 3.47. The van der Waals surface area contributed by atoms with Crippen molar-refractivity contribution in [3.05, 3.63) is 28.4 Å². The van der Waals surface area contributed by atoms with Crippen LogP contribution in [0.4, 0.5) is 0 Å². The first-order chi connectivity index (χ1) is 5.24. The lowest BCUT2D eigenvalue weighted by Crippen LogP contribution is -2.25.